The summed E-state index contributed by atoms with van der Waals surface area (Å²) in [7, 11) is 0. The number of aryl methyl sites for hydroxylation is 1. The van der Waals surface area contributed by atoms with Crippen LogP contribution in [0.4, 0.5) is 4.39 Å². The summed E-state index contributed by atoms with van der Waals surface area (Å²) in [5.41, 5.74) is 2.40. The Morgan fingerprint density at radius 1 is 1.50 bits per heavy atom. The van der Waals surface area contributed by atoms with Crippen LogP contribution >= 0.6 is 0 Å². The van der Waals surface area contributed by atoms with Crippen LogP contribution < -0.4 is 5.32 Å². The van der Waals surface area contributed by atoms with E-state index in [9.17, 15) is 4.39 Å². The molecule has 0 radical (unpaired) electrons. The van der Waals surface area contributed by atoms with Crippen LogP contribution in [0.15, 0.2) is 18.2 Å². The van der Waals surface area contributed by atoms with E-state index in [4.69, 9.17) is 5.11 Å². The fourth-order valence-electron chi connectivity index (χ4n) is 2.66. The van der Waals surface area contributed by atoms with Gasteiger partial charge in [0.15, 0.2) is 0 Å². The second-order valence-electron chi connectivity index (χ2n) is 5.31. The van der Waals surface area contributed by atoms with E-state index >= 15 is 0 Å². The average molecular weight is 251 g/mol. The average Bonchev–Trinajstić information content (AvgIpc) is 2.36. The first kappa shape index (κ1) is 13.5. The zero-order valence-electron chi connectivity index (χ0n) is 11.0. The van der Waals surface area contributed by atoms with Crippen molar-refractivity contribution in [1.82, 2.24) is 5.32 Å². The molecule has 2 N–H and O–H groups in total. The maximum atomic E-state index is 13.2. The highest BCUT2D eigenvalue weighted by Gasteiger charge is 2.20. The summed E-state index contributed by atoms with van der Waals surface area (Å²) >= 11 is 0. The number of fused-ring (bicyclic) bond motifs is 1. The van der Waals surface area contributed by atoms with Crippen molar-refractivity contribution in [3.05, 3.63) is 35.1 Å². The second kappa shape index (κ2) is 6.30. The molecule has 0 aromatic heterocycles. The number of hydrogen-bond donors (Lipinski definition) is 2. The van der Waals surface area contributed by atoms with Crippen molar-refractivity contribution >= 4 is 0 Å². The molecule has 2 unspecified atom stereocenters. The highest BCUT2D eigenvalue weighted by atomic mass is 19.1. The summed E-state index contributed by atoms with van der Waals surface area (Å²) in [5.74, 6) is 0.337. The third kappa shape index (κ3) is 3.30. The van der Waals surface area contributed by atoms with Crippen molar-refractivity contribution in [3.8, 4) is 0 Å². The Morgan fingerprint density at radius 3 is 3.11 bits per heavy atom. The summed E-state index contributed by atoms with van der Waals surface area (Å²) < 4.78 is 13.2. The maximum Gasteiger partial charge on any atom is 0.123 e. The van der Waals surface area contributed by atoms with Gasteiger partial charge < -0.3 is 10.4 Å². The number of halogens is 1. The smallest absolute Gasteiger partial charge is 0.123 e. The third-order valence-corrected chi connectivity index (χ3v) is 3.75. The van der Waals surface area contributed by atoms with Crippen molar-refractivity contribution in [1.29, 1.82) is 0 Å². The minimum Gasteiger partial charge on any atom is -0.396 e. The van der Waals surface area contributed by atoms with E-state index in [1.54, 1.807) is 12.1 Å². The van der Waals surface area contributed by atoms with Crippen LogP contribution in [0.5, 0.6) is 0 Å². The molecular weight excluding hydrogens is 229 g/mol. The first-order chi connectivity index (χ1) is 8.70. The van der Waals surface area contributed by atoms with E-state index in [2.05, 4.69) is 12.2 Å². The monoisotopic (exact) mass is 251 g/mol. The van der Waals surface area contributed by atoms with Gasteiger partial charge in [-0.25, -0.2) is 4.39 Å². The molecule has 1 aliphatic carbocycles. The quantitative estimate of drug-likeness (QED) is 0.843. The van der Waals surface area contributed by atoms with Crippen LogP contribution in [-0.2, 0) is 6.42 Å². The van der Waals surface area contributed by atoms with Crippen molar-refractivity contribution < 1.29 is 9.50 Å². The molecule has 0 heterocycles. The Labute approximate surface area is 108 Å². The minimum atomic E-state index is -0.136. The Hall–Kier alpha value is -0.930. The van der Waals surface area contributed by atoms with E-state index < -0.39 is 0 Å². The number of benzene rings is 1. The summed E-state index contributed by atoms with van der Waals surface area (Å²) in [5, 5.41) is 12.4. The zero-order chi connectivity index (χ0) is 13.0. The lowest BCUT2D eigenvalue weighted by Gasteiger charge is -2.27. The third-order valence-electron chi connectivity index (χ3n) is 3.75. The Morgan fingerprint density at radius 2 is 2.33 bits per heavy atom. The van der Waals surface area contributed by atoms with Crippen molar-refractivity contribution in [2.45, 2.75) is 38.6 Å². The zero-order valence-corrected chi connectivity index (χ0v) is 11.0. The molecule has 0 aliphatic heterocycles. The van der Waals surface area contributed by atoms with Crippen LogP contribution in [-0.4, -0.2) is 18.3 Å². The molecule has 0 amide bonds. The van der Waals surface area contributed by atoms with Crippen molar-refractivity contribution in [3.63, 3.8) is 0 Å². The lowest BCUT2D eigenvalue weighted by Crippen LogP contribution is -2.29. The normalized spacial score (nSPS) is 20.5. The topological polar surface area (TPSA) is 32.3 Å². The van der Waals surface area contributed by atoms with Gasteiger partial charge in [-0.2, -0.15) is 0 Å². The Kier molecular flexibility index (Phi) is 4.72. The summed E-state index contributed by atoms with van der Waals surface area (Å²) in [4.78, 5) is 0. The van der Waals surface area contributed by atoms with Crippen LogP contribution in [0, 0.1) is 11.7 Å². The SMILES string of the molecule is CC(CCO)CNC1CCCc2cc(F)ccc21. The number of nitrogens with one attached hydrogen (secondary N) is 1. The van der Waals surface area contributed by atoms with Gasteiger partial charge in [0.05, 0.1) is 0 Å². The molecule has 2 atom stereocenters. The largest absolute Gasteiger partial charge is 0.396 e. The van der Waals surface area contributed by atoms with E-state index in [0.717, 1.165) is 37.8 Å². The molecule has 2 nitrogen and oxygen atoms in total. The van der Waals surface area contributed by atoms with E-state index in [1.807, 2.05) is 6.07 Å². The van der Waals surface area contributed by atoms with Gasteiger partial charge in [0.25, 0.3) is 0 Å². The molecule has 3 heteroatoms. The standard InChI is InChI=1S/C15H22FNO/c1-11(7-8-18)10-17-15-4-2-3-12-9-13(16)5-6-14(12)15/h5-6,9,11,15,17-18H,2-4,7-8,10H2,1H3. The molecular formula is C15H22FNO. The summed E-state index contributed by atoms with van der Waals surface area (Å²) in [6.45, 7) is 3.29. The fraction of sp³-hybridized carbons (Fsp3) is 0.600. The predicted octanol–water partition coefficient (Wildman–Crippen LogP) is 2.81. The summed E-state index contributed by atoms with van der Waals surface area (Å²) in [6.07, 6.45) is 4.04. The van der Waals surface area contributed by atoms with Gasteiger partial charge in [-0.05, 0) is 61.4 Å². The Balaban J connectivity index is 1.99. The van der Waals surface area contributed by atoms with Crippen molar-refractivity contribution in [2.24, 2.45) is 5.92 Å². The van der Waals surface area contributed by atoms with Crippen LogP contribution in [0.25, 0.3) is 0 Å². The molecule has 18 heavy (non-hydrogen) atoms. The fourth-order valence-corrected chi connectivity index (χ4v) is 2.66. The number of hydrogen-bond acceptors (Lipinski definition) is 2. The second-order valence-corrected chi connectivity index (χ2v) is 5.31. The van der Waals surface area contributed by atoms with Crippen LogP contribution in [0.1, 0.15) is 43.4 Å². The molecule has 0 saturated heterocycles. The molecule has 0 fully saturated rings. The first-order valence-corrected chi connectivity index (χ1v) is 6.83. The Bertz CT molecular complexity index is 394. The molecule has 1 aromatic carbocycles. The molecule has 0 saturated carbocycles. The minimum absolute atomic E-state index is 0.136. The number of aliphatic hydroxyl groups is 1. The van der Waals surface area contributed by atoms with E-state index in [1.165, 1.54) is 5.56 Å². The van der Waals surface area contributed by atoms with Crippen LogP contribution in [0.3, 0.4) is 0 Å². The molecule has 1 aliphatic rings. The highest BCUT2D eigenvalue weighted by Crippen LogP contribution is 2.30. The van der Waals surface area contributed by atoms with Crippen molar-refractivity contribution in [2.75, 3.05) is 13.2 Å². The highest BCUT2D eigenvalue weighted by molar-refractivity contribution is 5.32. The number of aliphatic hydroxyl groups excluding tert-OH is 1. The molecule has 0 spiro atoms. The van der Waals surface area contributed by atoms with Gasteiger partial charge in [-0.1, -0.05) is 13.0 Å². The lowest BCUT2D eigenvalue weighted by molar-refractivity contribution is 0.256. The van der Waals surface area contributed by atoms with Crippen LogP contribution in [0.2, 0.25) is 0 Å². The lowest BCUT2D eigenvalue weighted by atomic mass is 9.87. The number of rotatable bonds is 5. The van der Waals surface area contributed by atoms with E-state index in [-0.39, 0.29) is 12.4 Å². The summed E-state index contributed by atoms with van der Waals surface area (Å²) in [6, 6.07) is 5.48. The van der Waals surface area contributed by atoms with Gasteiger partial charge in [-0.3, -0.25) is 0 Å². The van der Waals surface area contributed by atoms with Gasteiger partial charge in [0.2, 0.25) is 0 Å². The maximum absolute atomic E-state index is 13.2. The van der Waals surface area contributed by atoms with E-state index in [0.29, 0.717) is 12.0 Å². The molecule has 2 rings (SSSR count). The van der Waals surface area contributed by atoms with Gasteiger partial charge >= 0.3 is 0 Å². The van der Waals surface area contributed by atoms with Gasteiger partial charge in [0, 0.05) is 12.6 Å². The molecule has 100 valence electrons. The molecule has 1 aromatic rings. The molecule has 0 bridgehead atoms. The predicted molar refractivity (Wildman–Crippen MR) is 70.9 cm³/mol. The van der Waals surface area contributed by atoms with Gasteiger partial charge in [0.1, 0.15) is 5.82 Å². The van der Waals surface area contributed by atoms with Gasteiger partial charge in [-0.15, -0.1) is 0 Å². The first-order valence-electron chi connectivity index (χ1n) is 6.83.